The molecule has 0 saturated carbocycles. The lowest BCUT2D eigenvalue weighted by Crippen LogP contribution is -2.65. The van der Waals surface area contributed by atoms with Crippen molar-refractivity contribution in [3.05, 3.63) is 71.8 Å². The van der Waals surface area contributed by atoms with Crippen LogP contribution in [0.15, 0.2) is 65.7 Å². The van der Waals surface area contributed by atoms with Crippen molar-refractivity contribution >= 4 is 53.3 Å². The normalized spacial score (nSPS) is 25.7. The number of esters is 1. The maximum Gasteiger partial charge on any atom is 0.329 e. The van der Waals surface area contributed by atoms with Crippen molar-refractivity contribution in [2.45, 2.75) is 120 Å². The number of cyclic esters (lactones) is 1. The number of hydrogen-bond acceptors (Lipinski definition) is 12. The minimum atomic E-state index is -1.79. The van der Waals surface area contributed by atoms with Crippen molar-refractivity contribution in [2.75, 3.05) is 13.6 Å². The van der Waals surface area contributed by atoms with Gasteiger partial charge >= 0.3 is 11.9 Å². The molecule has 2 fully saturated rings. The number of nitrogens with zero attached hydrogens (tertiary/aromatic N) is 3. The van der Waals surface area contributed by atoms with E-state index in [4.69, 9.17) is 21.9 Å². The third kappa shape index (κ3) is 13.7. The fourth-order valence-electron chi connectivity index (χ4n) is 7.49. The fraction of sp³-hybridized carbons (Fsp3) is 0.512. The summed E-state index contributed by atoms with van der Waals surface area (Å²) in [5.74, 6) is -8.67. The van der Waals surface area contributed by atoms with Gasteiger partial charge in [-0.25, -0.2) is 4.79 Å². The number of likely N-dealkylation sites (N-methyl/N-ethyl adjacent to an activating group) is 1. The van der Waals surface area contributed by atoms with Crippen LogP contribution in [0.1, 0.15) is 64.0 Å². The highest BCUT2D eigenvalue weighted by molar-refractivity contribution is 5.98. The summed E-state index contributed by atoms with van der Waals surface area (Å²) in [6, 6.07) is 7.20. The number of aliphatic carboxylic acids is 1. The minimum Gasteiger partial charge on any atom is -0.481 e. The third-order valence-corrected chi connectivity index (χ3v) is 11.1. The SMILES string of the molecule is CC(C)C1NC(=O)C(Cc2ccccc2)N(C)C(=O)C(Cc2ccccc2)N2C(=O)C(CCC2O)NC(=O)C(CCCN=C(N)N)NC(=O)C(NC(=O)C(N)CC(=O)O)C(C)OC1=O. The smallest absolute Gasteiger partial charge is 0.329 e. The van der Waals surface area contributed by atoms with Crippen molar-refractivity contribution in [1.29, 1.82) is 0 Å². The number of amides is 6. The molecule has 6 amide bonds. The van der Waals surface area contributed by atoms with E-state index in [-0.39, 0.29) is 51.0 Å². The lowest BCUT2D eigenvalue weighted by atomic mass is 9.95. The molecule has 2 aromatic carbocycles. The van der Waals surface area contributed by atoms with Crippen LogP contribution < -0.4 is 38.5 Å². The van der Waals surface area contributed by atoms with Crippen LogP contribution in [0.25, 0.3) is 0 Å². The van der Waals surface area contributed by atoms with Gasteiger partial charge in [0.1, 0.15) is 48.6 Å². The number of fused-ring (bicyclic) bond motifs is 2. The van der Waals surface area contributed by atoms with E-state index in [1.54, 1.807) is 74.5 Å². The van der Waals surface area contributed by atoms with Crippen LogP contribution in [0, 0.1) is 5.92 Å². The van der Waals surface area contributed by atoms with Crippen LogP contribution in [0.5, 0.6) is 0 Å². The zero-order valence-corrected chi connectivity index (χ0v) is 36.3. The van der Waals surface area contributed by atoms with Gasteiger partial charge in [0.2, 0.25) is 35.4 Å². The molecule has 2 heterocycles. The van der Waals surface area contributed by atoms with Crippen LogP contribution in [-0.2, 0) is 55.9 Å². The molecule has 9 atom stereocenters. The number of carboxylic acid groups (broad SMARTS) is 1. The molecule has 0 aromatic heterocycles. The van der Waals surface area contributed by atoms with E-state index >= 15 is 0 Å². The molecule has 0 spiro atoms. The Bertz CT molecular complexity index is 2020. The molecular formula is C43H60N10O11. The number of nitrogens with one attached hydrogen (secondary N) is 4. The first-order chi connectivity index (χ1) is 30.3. The van der Waals surface area contributed by atoms with Crippen LogP contribution in [-0.4, -0.2) is 142 Å². The number of aliphatic hydroxyl groups excluding tert-OH is 1. The van der Waals surface area contributed by atoms with Gasteiger partial charge in [-0.3, -0.25) is 38.6 Å². The molecule has 2 aliphatic heterocycles. The zero-order valence-electron chi connectivity index (χ0n) is 36.3. The number of carbonyl (C=O) groups excluding carboxylic acids is 7. The Balaban J connectivity index is 1.87. The zero-order chi connectivity index (χ0) is 47.2. The molecule has 9 unspecified atom stereocenters. The van der Waals surface area contributed by atoms with Gasteiger partial charge in [-0.2, -0.15) is 0 Å². The number of aliphatic imine (C=N–C) groups is 1. The van der Waals surface area contributed by atoms with Crippen molar-refractivity contribution in [3.63, 3.8) is 0 Å². The maximum atomic E-state index is 14.9. The first kappa shape index (κ1) is 50.0. The lowest BCUT2D eigenvalue weighted by molar-refractivity contribution is -0.165. The Morgan fingerprint density at radius 2 is 1.45 bits per heavy atom. The van der Waals surface area contributed by atoms with E-state index in [2.05, 4.69) is 26.3 Å². The molecular weight excluding hydrogens is 833 g/mol. The first-order valence-corrected chi connectivity index (χ1v) is 21.1. The summed E-state index contributed by atoms with van der Waals surface area (Å²) >= 11 is 0. The van der Waals surface area contributed by atoms with Gasteiger partial charge in [0.25, 0.3) is 0 Å². The molecule has 2 bridgehead atoms. The number of rotatable bonds is 13. The van der Waals surface area contributed by atoms with Gasteiger partial charge in [0.05, 0.1) is 12.5 Å². The summed E-state index contributed by atoms with van der Waals surface area (Å²) in [5.41, 5.74) is 18.0. The van der Waals surface area contributed by atoms with Gasteiger partial charge in [-0.15, -0.1) is 0 Å². The summed E-state index contributed by atoms with van der Waals surface area (Å²) in [7, 11) is 1.38. The fourth-order valence-corrected chi connectivity index (χ4v) is 7.49. The Morgan fingerprint density at radius 3 is 2.02 bits per heavy atom. The lowest BCUT2D eigenvalue weighted by Gasteiger charge is -2.43. The largest absolute Gasteiger partial charge is 0.481 e. The summed E-state index contributed by atoms with van der Waals surface area (Å²) in [4.78, 5) is 117. The second-order valence-electron chi connectivity index (χ2n) is 16.3. The molecule has 0 radical (unpaired) electrons. The number of carboxylic acids is 1. The number of piperidine rings is 1. The number of benzene rings is 2. The molecule has 348 valence electrons. The molecule has 2 saturated heterocycles. The maximum absolute atomic E-state index is 14.9. The second-order valence-corrected chi connectivity index (χ2v) is 16.3. The highest BCUT2D eigenvalue weighted by Gasteiger charge is 2.45. The minimum absolute atomic E-state index is 0.0207. The van der Waals surface area contributed by atoms with Crippen LogP contribution in [0.4, 0.5) is 0 Å². The average molecular weight is 893 g/mol. The van der Waals surface area contributed by atoms with E-state index in [1.807, 2.05) is 0 Å². The van der Waals surface area contributed by atoms with Gasteiger partial charge in [0, 0.05) is 26.4 Å². The van der Waals surface area contributed by atoms with Gasteiger partial charge in [-0.05, 0) is 49.7 Å². The van der Waals surface area contributed by atoms with Crippen molar-refractivity contribution in [1.82, 2.24) is 31.1 Å². The molecule has 2 aliphatic rings. The quantitative estimate of drug-likeness (QED) is 0.0455. The first-order valence-electron chi connectivity index (χ1n) is 21.1. The van der Waals surface area contributed by atoms with Crippen LogP contribution >= 0.6 is 0 Å². The van der Waals surface area contributed by atoms with Gasteiger partial charge < -0.3 is 63.2 Å². The molecule has 21 heteroatoms. The van der Waals surface area contributed by atoms with E-state index in [0.717, 1.165) is 4.90 Å². The number of nitrogens with two attached hydrogens (primary N) is 3. The number of aliphatic hydroxyl groups is 1. The molecule has 4 rings (SSSR count). The van der Waals surface area contributed by atoms with E-state index in [1.165, 1.54) is 18.9 Å². The number of ether oxygens (including phenoxy) is 1. The van der Waals surface area contributed by atoms with Crippen molar-refractivity contribution < 1.29 is 53.3 Å². The molecule has 64 heavy (non-hydrogen) atoms. The van der Waals surface area contributed by atoms with E-state index in [9.17, 15) is 48.6 Å². The molecule has 2 aromatic rings. The van der Waals surface area contributed by atoms with E-state index < -0.39 is 114 Å². The monoisotopic (exact) mass is 892 g/mol. The predicted octanol–water partition coefficient (Wildman–Crippen LogP) is -2.00. The number of hydrogen-bond donors (Lipinski definition) is 9. The topological polar surface area (TPSA) is 331 Å². The summed E-state index contributed by atoms with van der Waals surface area (Å²) in [6.07, 6.45) is -4.14. The summed E-state index contributed by atoms with van der Waals surface area (Å²) in [6.45, 7) is 4.52. The van der Waals surface area contributed by atoms with Crippen LogP contribution in [0.2, 0.25) is 0 Å². The van der Waals surface area contributed by atoms with Crippen molar-refractivity contribution in [3.8, 4) is 0 Å². The Kier molecular flexibility index (Phi) is 18.1. The standard InChI is InChI=1S/C43H60N10O11/c1-23(2)34-42(63)64-24(3)35(51-36(57)27(44)22-33(55)56)39(60)48-28(16-11-19-47-43(45)46)37(58)49-29-17-18-32(54)53(40(29)61)31(21-26-14-9-6-10-15-26)41(62)52(4)30(38(59)50-34)20-25-12-7-5-8-13-25/h5-10,12-15,23-24,27-32,34-35,54H,11,16-22,44H2,1-4H3,(H,48,60)(H,49,58)(H,50,59)(H,51,57)(H,55,56)(H4,45,46,47). The average Bonchev–Trinajstić information content (AvgIpc) is 3.24. The number of guanidine groups is 1. The molecule has 0 aliphatic carbocycles. The third-order valence-electron chi connectivity index (χ3n) is 11.1. The van der Waals surface area contributed by atoms with Crippen LogP contribution in [0.3, 0.4) is 0 Å². The summed E-state index contributed by atoms with van der Waals surface area (Å²) in [5, 5.41) is 31.0. The highest BCUT2D eigenvalue weighted by Crippen LogP contribution is 2.25. The Labute approximate surface area is 370 Å². The van der Waals surface area contributed by atoms with E-state index in [0.29, 0.717) is 11.1 Å². The Hall–Kier alpha value is -6.61. The van der Waals surface area contributed by atoms with Gasteiger partial charge in [-0.1, -0.05) is 74.5 Å². The van der Waals surface area contributed by atoms with Gasteiger partial charge in [0.15, 0.2) is 5.96 Å². The Morgan fingerprint density at radius 1 is 0.859 bits per heavy atom. The number of carbonyl (C=O) groups is 8. The molecule has 21 nitrogen and oxygen atoms in total. The molecule has 12 N–H and O–H groups in total. The highest BCUT2D eigenvalue weighted by atomic mass is 16.5. The summed E-state index contributed by atoms with van der Waals surface area (Å²) < 4.78 is 5.75. The van der Waals surface area contributed by atoms with Crippen molar-refractivity contribution in [2.24, 2.45) is 28.1 Å². The second kappa shape index (κ2) is 23.2. The predicted molar refractivity (Wildman–Crippen MR) is 231 cm³/mol.